The number of carbonyl (C=O) groups is 1. The first-order chi connectivity index (χ1) is 13.1. The van der Waals surface area contributed by atoms with E-state index in [0.29, 0.717) is 5.56 Å². The van der Waals surface area contributed by atoms with Gasteiger partial charge in [0.2, 0.25) is 0 Å². The van der Waals surface area contributed by atoms with Gasteiger partial charge in [-0.25, -0.2) is 4.98 Å². The van der Waals surface area contributed by atoms with Crippen molar-refractivity contribution in [1.82, 2.24) is 20.2 Å². The molecule has 1 aliphatic rings. The molecule has 0 saturated carbocycles. The zero-order chi connectivity index (χ0) is 18.8. The van der Waals surface area contributed by atoms with Gasteiger partial charge in [0.15, 0.2) is 0 Å². The van der Waals surface area contributed by atoms with E-state index in [1.54, 1.807) is 12.4 Å². The summed E-state index contributed by atoms with van der Waals surface area (Å²) in [5.41, 5.74) is 4.40. The molecule has 2 aromatic heterocycles. The van der Waals surface area contributed by atoms with Gasteiger partial charge in [-0.2, -0.15) is 0 Å². The van der Waals surface area contributed by atoms with E-state index in [1.165, 1.54) is 0 Å². The summed E-state index contributed by atoms with van der Waals surface area (Å²) in [6, 6.07) is 12.0. The first-order valence-electron chi connectivity index (χ1n) is 9.41. The lowest BCUT2D eigenvalue weighted by Gasteiger charge is -2.29. The molecule has 1 N–H and O–H groups in total. The molecule has 138 valence electrons. The van der Waals surface area contributed by atoms with Crippen LogP contribution in [-0.2, 0) is 0 Å². The molecule has 0 bridgehead atoms. The molecule has 1 amide bonds. The van der Waals surface area contributed by atoms with E-state index in [2.05, 4.69) is 22.2 Å². The summed E-state index contributed by atoms with van der Waals surface area (Å²) in [7, 11) is 2.12. The van der Waals surface area contributed by atoms with Crippen molar-refractivity contribution >= 4 is 16.8 Å². The van der Waals surface area contributed by atoms with Crippen molar-refractivity contribution in [2.45, 2.75) is 25.8 Å². The Morgan fingerprint density at radius 3 is 2.59 bits per heavy atom. The first kappa shape index (κ1) is 17.6. The maximum Gasteiger partial charge on any atom is 0.252 e. The molecular weight excluding hydrogens is 336 g/mol. The zero-order valence-corrected chi connectivity index (χ0v) is 15.8. The largest absolute Gasteiger partial charge is 0.349 e. The fraction of sp³-hybridized carbons (Fsp3) is 0.318. The standard InChI is InChI=1S/C22H24N4O/c1-15-3-4-20-18(13-15)19(14-21(25-20)16-5-9-23-10-6-16)22(27)24-17-7-11-26(2)12-8-17/h3-6,9-10,13-14,17H,7-8,11-12H2,1-2H3,(H,24,27). The summed E-state index contributed by atoms with van der Waals surface area (Å²) in [4.78, 5) is 24.3. The third-order valence-electron chi connectivity index (χ3n) is 5.24. The van der Waals surface area contributed by atoms with Crippen LogP contribution in [0, 0.1) is 6.92 Å². The molecule has 3 heterocycles. The van der Waals surface area contributed by atoms with Crippen LogP contribution in [0.4, 0.5) is 0 Å². The second kappa shape index (κ2) is 7.45. The van der Waals surface area contributed by atoms with Gasteiger partial charge < -0.3 is 10.2 Å². The summed E-state index contributed by atoms with van der Waals surface area (Å²) in [5, 5.41) is 4.14. The quantitative estimate of drug-likeness (QED) is 0.777. The number of benzene rings is 1. The van der Waals surface area contributed by atoms with E-state index in [4.69, 9.17) is 4.98 Å². The van der Waals surface area contributed by atoms with Gasteiger partial charge in [-0.15, -0.1) is 0 Å². The molecular formula is C22H24N4O. The number of hydrogen-bond acceptors (Lipinski definition) is 4. The molecule has 0 aliphatic carbocycles. The van der Waals surface area contributed by atoms with E-state index in [9.17, 15) is 4.79 Å². The average molecular weight is 360 g/mol. The van der Waals surface area contributed by atoms with Crippen LogP contribution in [-0.4, -0.2) is 47.0 Å². The number of fused-ring (bicyclic) bond motifs is 1. The number of amides is 1. The Balaban J connectivity index is 1.73. The van der Waals surface area contributed by atoms with Crippen molar-refractivity contribution in [3.05, 3.63) is 59.9 Å². The van der Waals surface area contributed by atoms with Crippen molar-refractivity contribution in [1.29, 1.82) is 0 Å². The van der Waals surface area contributed by atoms with Crippen molar-refractivity contribution < 1.29 is 4.79 Å². The predicted molar refractivity (Wildman–Crippen MR) is 108 cm³/mol. The molecule has 4 rings (SSSR count). The van der Waals surface area contributed by atoms with Crippen LogP contribution in [0.25, 0.3) is 22.2 Å². The lowest BCUT2D eigenvalue weighted by Crippen LogP contribution is -2.43. The normalized spacial score (nSPS) is 15.8. The highest BCUT2D eigenvalue weighted by Gasteiger charge is 2.21. The molecule has 1 fully saturated rings. The minimum absolute atomic E-state index is 0.0159. The van der Waals surface area contributed by atoms with Gasteiger partial charge in [0, 0.05) is 29.4 Å². The van der Waals surface area contributed by atoms with Crippen LogP contribution < -0.4 is 5.32 Å². The van der Waals surface area contributed by atoms with E-state index < -0.39 is 0 Å². The highest BCUT2D eigenvalue weighted by molar-refractivity contribution is 6.07. The Hall–Kier alpha value is -2.79. The molecule has 0 unspecified atom stereocenters. The van der Waals surface area contributed by atoms with E-state index in [0.717, 1.165) is 53.7 Å². The monoisotopic (exact) mass is 360 g/mol. The number of likely N-dealkylation sites (tertiary alicyclic amines) is 1. The molecule has 27 heavy (non-hydrogen) atoms. The van der Waals surface area contributed by atoms with Crippen LogP contribution in [0.1, 0.15) is 28.8 Å². The minimum Gasteiger partial charge on any atom is -0.349 e. The number of pyridine rings is 2. The molecule has 1 saturated heterocycles. The summed E-state index contributed by atoms with van der Waals surface area (Å²) < 4.78 is 0. The number of piperidine rings is 1. The van der Waals surface area contributed by atoms with Crippen molar-refractivity contribution in [3.63, 3.8) is 0 Å². The maximum absolute atomic E-state index is 13.1. The second-order valence-corrected chi connectivity index (χ2v) is 7.36. The zero-order valence-electron chi connectivity index (χ0n) is 15.8. The Bertz CT molecular complexity index is 963. The van der Waals surface area contributed by atoms with Gasteiger partial charge in [-0.05, 0) is 70.2 Å². The van der Waals surface area contributed by atoms with E-state index >= 15 is 0 Å². The SMILES string of the molecule is Cc1ccc2nc(-c3ccncc3)cc(C(=O)NC3CCN(C)CC3)c2c1. The minimum atomic E-state index is -0.0159. The molecule has 1 aromatic carbocycles. The van der Waals surface area contributed by atoms with Crippen LogP contribution in [0.15, 0.2) is 48.8 Å². The van der Waals surface area contributed by atoms with Gasteiger partial charge in [0.25, 0.3) is 5.91 Å². The highest BCUT2D eigenvalue weighted by atomic mass is 16.1. The number of nitrogens with zero attached hydrogens (tertiary/aromatic N) is 3. The Morgan fingerprint density at radius 2 is 1.85 bits per heavy atom. The molecule has 0 atom stereocenters. The Morgan fingerprint density at radius 1 is 1.11 bits per heavy atom. The fourth-order valence-electron chi connectivity index (χ4n) is 3.61. The summed E-state index contributed by atoms with van der Waals surface area (Å²) >= 11 is 0. The summed E-state index contributed by atoms with van der Waals surface area (Å²) in [6.07, 6.45) is 5.46. The molecule has 0 spiro atoms. The predicted octanol–water partition coefficient (Wildman–Crippen LogP) is 3.43. The third-order valence-corrected chi connectivity index (χ3v) is 5.24. The summed E-state index contributed by atoms with van der Waals surface area (Å²) in [5.74, 6) is -0.0159. The molecule has 0 radical (unpaired) electrons. The molecule has 5 heteroatoms. The number of carbonyl (C=O) groups excluding carboxylic acids is 1. The van der Waals surface area contributed by atoms with Gasteiger partial charge in [0.05, 0.1) is 16.8 Å². The summed E-state index contributed by atoms with van der Waals surface area (Å²) in [6.45, 7) is 4.07. The number of hydrogen-bond donors (Lipinski definition) is 1. The number of aryl methyl sites for hydroxylation is 1. The van der Waals surface area contributed by atoms with Crippen molar-refractivity contribution in [3.8, 4) is 11.3 Å². The molecule has 5 nitrogen and oxygen atoms in total. The van der Waals surface area contributed by atoms with Gasteiger partial charge in [-0.3, -0.25) is 9.78 Å². The van der Waals surface area contributed by atoms with Crippen LogP contribution in [0.5, 0.6) is 0 Å². The van der Waals surface area contributed by atoms with Gasteiger partial charge in [0.1, 0.15) is 0 Å². The number of rotatable bonds is 3. The van der Waals surface area contributed by atoms with Crippen LogP contribution in [0.3, 0.4) is 0 Å². The topological polar surface area (TPSA) is 58.1 Å². The first-order valence-corrected chi connectivity index (χ1v) is 9.41. The van der Waals surface area contributed by atoms with Crippen LogP contribution >= 0.6 is 0 Å². The Kier molecular flexibility index (Phi) is 4.86. The Labute approximate surface area is 159 Å². The lowest BCUT2D eigenvalue weighted by atomic mass is 10.0. The van der Waals surface area contributed by atoms with E-state index in [-0.39, 0.29) is 11.9 Å². The third kappa shape index (κ3) is 3.83. The highest BCUT2D eigenvalue weighted by Crippen LogP contribution is 2.26. The molecule has 1 aliphatic heterocycles. The van der Waals surface area contributed by atoms with Crippen molar-refractivity contribution in [2.75, 3.05) is 20.1 Å². The van der Waals surface area contributed by atoms with Crippen LogP contribution in [0.2, 0.25) is 0 Å². The number of aromatic nitrogens is 2. The van der Waals surface area contributed by atoms with Crippen molar-refractivity contribution in [2.24, 2.45) is 0 Å². The average Bonchev–Trinajstić information content (AvgIpc) is 2.69. The van der Waals surface area contributed by atoms with E-state index in [1.807, 2.05) is 43.3 Å². The lowest BCUT2D eigenvalue weighted by molar-refractivity contribution is 0.0918. The fourth-order valence-corrected chi connectivity index (χ4v) is 3.61. The maximum atomic E-state index is 13.1. The second-order valence-electron chi connectivity index (χ2n) is 7.36. The smallest absolute Gasteiger partial charge is 0.252 e. The molecule has 3 aromatic rings. The number of nitrogens with one attached hydrogen (secondary N) is 1. The van der Waals surface area contributed by atoms with Gasteiger partial charge in [-0.1, -0.05) is 11.6 Å². The van der Waals surface area contributed by atoms with Gasteiger partial charge >= 0.3 is 0 Å².